The predicted octanol–water partition coefficient (Wildman–Crippen LogP) is 2.47. The van der Waals surface area contributed by atoms with Gasteiger partial charge in [-0.3, -0.25) is 0 Å². The van der Waals surface area contributed by atoms with E-state index in [0.717, 1.165) is 42.0 Å². The van der Waals surface area contributed by atoms with Crippen LogP contribution in [0.2, 0.25) is 0 Å². The minimum atomic E-state index is -0.717. The Kier molecular flexibility index (Phi) is 7.73. The van der Waals surface area contributed by atoms with E-state index in [1.165, 1.54) is 12.6 Å². The quantitative estimate of drug-likeness (QED) is 0.574. The van der Waals surface area contributed by atoms with Gasteiger partial charge in [0.15, 0.2) is 0 Å². The Hall–Kier alpha value is -2.77. The van der Waals surface area contributed by atoms with Gasteiger partial charge in [-0.2, -0.15) is 5.10 Å². The standard InChI is InChI=1S/C18H26N4O4/c1-25-16-9-7-14(8-10-16)13-20-22(17(19)23)11-12-26-18(24)21-15-5-3-2-4-6-15/h7-10,13,15H,2-6,11-12H2,1H3,(H2,19,23)(H,21,24)/b20-13+. The third-order valence-electron chi connectivity index (χ3n) is 4.18. The Morgan fingerprint density at radius 1 is 1.27 bits per heavy atom. The molecule has 8 heteroatoms. The third-order valence-corrected chi connectivity index (χ3v) is 4.18. The molecule has 0 aliphatic heterocycles. The summed E-state index contributed by atoms with van der Waals surface area (Å²) in [5.74, 6) is 0.728. The van der Waals surface area contributed by atoms with Crippen LogP contribution in [0.25, 0.3) is 0 Å². The lowest BCUT2D eigenvalue weighted by atomic mass is 9.96. The number of ether oxygens (including phenoxy) is 2. The van der Waals surface area contributed by atoms with E-state index in [1.54, 1.807) is 31.4 Å². The lowest BCUT2D eigenvalue weighted by Gasteiger charge is -2.22. The molecule has 142 valence electrons. The summed E-state index contributed by atoms with van der Waals surface area (Å²) in [6.07, 6.45) is 6.46. The molecule has 3 N–H and O–H groups in total. The van der Waals surface area contributed by atoms with Crippen molar-refractivity contribution in [3.8, 4) is 5.75 Å². The fourth-order valence-corrected chi connectivity index (χ4v) is 2.73. The molecular formula is C18H26N4O4. The van der Waals surface area contributed by atoms with Crippen molar-refractivity contribution >= 4 is 18.3 Å². The molecule has 0 bridgehead atoms. The van der Waals surface area contributed by atoms with E-state index in [2.05, 4.69) is 10.4 Å². The van der Waals surface area contributed by atoms with Crippen molar-refractivity contribution in [1.82, 2.24) is 10.3 Å². The van der Waals surface area contributed by atoms with Crippen molar-refractivity contribution in [2.24, 2.45) is 10.8 Å². The van der Waals surface area contributed by atoms with Gasteiger partial charge in [-0.25, -0.2) is 14.6 Å². The molecule has 0 atom stereocenters. The van der Waals surface area contributed by atoms with Crippen molar-refractivity contribution < 1.29 is 19.1 Å². The van der Waals surface area contributed by atoms with Crippen LogP contribution in [0.3, 0.4) is 0 Å². The predicted molar refractivity (Wildman–Crippen MR) is 98.2 cm³/mol. The number of methoxy groups -OCH3 is 1. The van der Waals surface area contributed by atoms with E-state index in [4.69, 9.17) is 15.2 Å². The van der Waals surface area contributed by atoms with Crippen molar-refractivity contribution in [3.63, 3.8) is 0 Å². The van der Waals surface area contributed by atoms with Crippen LogP contribution in [0.5, 0.6) is 5.75 Å². The first-order valence-electron chi connectivity index (χ1n) is 8.77. The number of primary amides is 1. The first-order valence-corrected chi connectivity index (χ1v) is 8.77. The largest absolute Gasteiger partial charge is 0.497 e. The number of amides is 3. The van der Waals surface area contributed by atoms with Gasteiger partial charge in [0, 0.05) is 6.04 Å². The summed E-state index contributed by atoms with van der Waals surface area (Å²) < 4.78 is 10.2. The summed E-state index contributed by atoms with van der Waals surface area (Å²) in [6.45, 7) is 0.0987. The molecule has 1 aliphatic rings. The SMILES string of the molecule is COc1ccc(/C=N/N(CCOC(=O)NC2CCCCC2)C(N)=O)cc1. The number of carbonyl (C=O) groups is 2. The maximum Gasteiger partial charge on any atom is 0.407 e. The molecular weight excluding hydrogens is 336 g/mol. The zero-order chi connectivity index (χ0) is 18.8. The molecule has 0 aromatic heterocycles. The average molecular weight is 362 g/mol. The molecule has 1 aromatic rings. The molecule has 0 spiro atoms. The van der Waals surface area contributed by atoms with Gasteiger partial charge in [0.2, 0.25) is 0 Å². The highest BCUT2D eigenvalue weighted by molar-refractivity contribution is 5.81. The van der Waals surface area contributed by atoms with Crippen molar-refractivity contribution in [3.05, 3.63) is 29.8 Å². The van der Waals surface area contributed by atoms with E-state index < -0.39 is 12.1 Å². The lowest BCUT2D eigenvalue weighted by molar-refractivity contribution is 0.126. The van der Waals surface area contributed by atoms with Gasteiger partial charge in [0.05, 0.1) is 19.9 Å². The minimum absolute atomic E-state index is 0.0153. The van der Waals surface area contributed by atoms with Crippen molar-refractivity contribution in [2.45, 2.75) is 38.1 Å². The molecule has 26 heavy (non-hydrogen) atoms. The van der Waals surface area contributed by atoms with Gasteiger partial charge in [0.25, 0.3) is 0 Å². The average Bonchev–Trinajstić information content (AvgIpc) is 2.65. The Morgan fingerprint density at radius 2 is 1.96 bits per heavy atom. The van der Waals surface area contributed by atoms with Crippen LogP contribution in [0.1, 0.15) is 37.7 Å². The molecule has 8 nitrogen and oxygen atoms in total. The number of urea groups is 1. The maximum absolute atomic E-state index is 11.8. The Morgan fingerprint density at radius 3 is 2.58 bits per heavy atom. The van der Waals surface area contributed by atoms with Gasteiger partial charge in [-0.05, 0) is 42.7 Å². The molecule has 2 rings (SSSR count). The summed E-state index contributed by atoms with van der Waals surface area (Å²) in [5, 5.41) is 7.94. The molecule has 1 fully saturated rings. The first-order chi connectivity index (χ1) is 12.6. The zero-order valence-corrected chi connectivity index (χ0v) is 15.0. The highest BCUT2D eigenvalue weighted by atomic mass is 16.5. The summed E-state index contributed by atoms with van der Waals surface area (Å²) in [7, 11) is 1.59. The Bertz CT molecular complexity index is 612. The molecule has 0 heterocycles. The van der Waals surface area contributed by atoms with E-state index >= 15 is 0 Å². The number of nitrogens with one attached hydrogen (secondary N) is 1. The molecule has 1 aromatic carbocycles. The van der Waals surface area contributed by atoms with Crippen LogP contribution >= 0.6 is 0 Å². The topological polar surface area (TPSA) is 106 Å². The van der Waals surface area contributed by atoms with E-state index in [0.29, 0.717) is 0 Å². The fraction of sp³-hybridized carbons (Fsp3) is 0.500. The minimum Gasteiger partial charge on any atom is -0.497 e. The number of nitrogens with zero attached hydrogens (tertiary/aromatic N) is 2. The summed E-state index contributed by atoms with van der Waals surface area (Å²) in [5.41, 5.74) is 6.10. The second-order valence-electron chi connectivity index (χ2n) is 6.09. The molecule has 1 saturated carbocycles. The van der Waals surface area contributed by atoms with Crippen LogP contribution in [0.15, 0.2) is 29.4 Å². The smallest absolute Gasteiger partial charge is 0.407 e. The van der Waals surface area contributed by atoms with Crippen LogP contribution in [0, 0.1) is 0 Å². The number of nitrogens with two attached hydrogens (primary N) is 1. The Balaban J connectivity index is 1.77. The maximum atomic E-state index is 11.8. The number of hydrogen-bond donors (Lipinski definition) is 2. The number of alkyl carbamates (subject to hydrolysis) is 1. The number of hydrogen-bond acceptors (Lipinski definition) is 5. The zero-order valence-electron chi connectivity index (χ0n) is 15.0. The number of hydrazone groups is 1. The van der Waals surface area contributed by atoms with Crippen LogP contribution < -0.4 is 15.8 Å². The van der Waals surface area contributed by atoms with Gasteiger partial charge in [-0.15, -0.1) is 0 Å². The summed E-state index contributed by atoms with van der Waals surface area (Å²) >= 11 is 0. The van der Waals surface area contributed by atoms with E-state index in [1.807, 2.05) is 0 Å². The second-order valence-corrected chi connectivity index (χ2v) is 6.09. The van der Waals surface area contributed by atoms with Gasteiger partial charge >= 0.3 is 12.1 Å². The van der Waals surface area contributed by atoms with E-state index in [9.17, 15) is 9.59 Å². The third kappa shape index (κ3) is 6.62. The molecule has 3 amide bonds. The van der Waals surface area contributed by atoms with Crippen LogP contribution in [0.4, 0.5) is 9.59 Å². The van der Waals surface area contributed by atoms with Gasteiger partial charge in [0.1, 0.15) is 12.4 Å². The number of rotatable bonds is 7. The second kappa shape index (κ2) is 10.3. The first kappa shape index (κ1) is 19.6. The molecule has 1 aliphatic carbocycles. The highest BCUT2D eigenvalue weighted by Crippen LogP contribution is 2.17. The summed E-state index contributed by atoms with van der Waals surface area (Å²) in [6, 6.07) is 6.64. The van der Waals surface area contributed by atoms with Crippen LogP contribution in [-0.4, -0.2) is 49.7 Å². The lowest BCUT2D eigenvalue weighted by Crippen LogP contribution is -2.39. The van der Waals surface area contributed by atoms with Crippen molar-refractivity contribution in [2.75, 3.05) is 20.3 Å². The summed E-state index contributed by atoms with van der Waals surface area (Å²) in [4.78, 5) is 23.3. The van der Waals surface area contributed by atoms with Crippen LogP contribution in [-0.2, 0) is 4.74 Å². The number of benzene rings is 1. The highest BCUT2D eigenvalue weighted by Gasteiger charge is 2.16. The molecule has 0 saturated heterocycles. The van der Waals surface area contributed by atoms with Gasteiger partial charge in [-0.1, -0.05) is 19.3 Å². The number of carbonyl (C=O) groups excluding carboxylic acids is 2. The van der Waals surface area contributed by atoms with Crippen molar-refractivity contribution in [1.29, 1.82) is 0 Å². The molecule has 0 unspecified atom stereocenters. The van der Waals surface area contributed by atoms with Gasteiger partial charge < -0.3 is 20.5 Å². The fourth-order valence-electron chi connectivity index (χ4n) is 2.73. The molecule has 0 radical (unpaired) electrons. The normalized spacial score (nSPS) is 14.8. The van der Waals surface area contributed by atoms with E-state index in [-0.39, 0.29) is 19.2 Å². The Labute approximate surface area is 153 Å². The monoisotopic (exact) mass is 362 g/mol.